The molecule has 0 saturated heterocycles. The molecule has 1 aliphatic heterocycles. The van der Waals surface area contributed by atoms with Gasteiger partial charge in [-0.25, -0.2) is 0 Å². The van der Waals surface area contributed by atoms with Gasteiger partial charge < -0.3 is 5.32 Å². The number of carbonyl (C=O) groups excluding carboxylic acids is 3. The van der Waals surface area contributed by atoms with E-state index in [1.54, 1.807) is 31.3 Å². The number of hydrogen-bond acceptors (Lipinski definition) is 4. The predicted octanol–water partition coefficient (Wildman–Crippen LogP) is 0.762. The van der Waals surface area contributed by atoms with Crippen molar-refractivity contribution in [2.24, 2.45) is 0 Å². The summed E-state index contributed by atoms with van der Waals surface area (Å²) < 4.78 is 0. The fraction of sp³-hybridized carbons (Fsp3) is 0.308. The molecule has 3 amide bonds. The largest absolute Gasteiger partial charge is 0.358 e. The standard InChI is InChI=1S/C13H14N2O3S/c1-14-11(16)8-19-7-6-15-12(17)9-4-2-3-5-10(9)13(15)18/h2-5H,6-8H2,1H3,(H,14,16). The highest BCUT2D eigenvalue weighted by Crippen LogP contribution is 2.22. The average molecular weight is 278 g/mol. The molecule has 0 aromatic heterocycles. The lowest BCUT2D eigenvalue weighted by Crippen LogP contribution is -2.32. The SMILES string of the molecule is CNC(=O)CSCCN1C(=O)c2ccccc2C1=O. The van der Waals surface area contributed by atoms with Crippen molar-refractivity contribution in [3.63, 3.8) is 0 Å². The topological polar surface area (TPSA) is 66.5 Å². The fourth-order valence-corrected chi connectivity index (χ4v) is 2.62. The molecule has 0 aliphatic carbocycles. The Hall–Kier alpha value is -1.82. The minimum Gasteiger partial charge on any atom is -0.358 e. The maximum atomic E-state index is 12.0. The van der Waals surface area contributed by atoms with Crippen LogP contribution in [0.2, 0.25) is 0 Å². The molecule has 1 aromatic rings. The van der Waals surface area contributed by atoms with Gasteiger partial charge in [0.15, 0.2) is 0 Å². The van der Waals surface area contributed by atoms with Crippen LogP contribution in [-0.4, -0.2) is 47.7 Å². The summed E-state index contributed by atoms with van der Waals surface area (Å²) in [5, 5.41) is 2.52. The predicted molar refractivity (Wildman–Crippen MR) is 73.2 cm³/mol. The summed E-state index contributed by atoms with van der Waals surface area (Å²) in [5.41, 5.74) is 0.924. The lowest BCUT2D eigenvalue weighted by molar-refractivity contribution is -0.118. The number of carbonyl (C=O) groups is 3. The molecule has 2 rings (SSSR count). The summed E-state index contributed by atoms with van der Waals surface area (Å²) in [6.45, 7) is 0.327. The Morgan fingerprint density at radius 2 is 1.79 bits per heavy atom. The van der Waals surface area contributed by atoms with Crippen LogP contribution in [0.1, 0.15) is 20.7 Å². The second-order valence-electron chi connectivity index (χ2n) is 4.03. The molecule has 1 aliphatic rings. The van der Waals surface area contributed by atoms with E-state index >= 15 is 0 Å². The number of nitrogens with zero attached hydrogens (tertiary/aromatic N) is 1. The summed E-state index contributed by atoms with van der Waals surface area (Å²) in [4.78, 5) is 36.3. The third-order valence-corrected chi connectivity index (χ3v) is 3.79. The van der Waals surface area contributed by atoms with Crippen LogP contribution in [-0.2, 0) is 4.79 Å². The zero-order chi connectivity index (χ0) is 13.8. The number of rotatable bonds is 5. The Balaban J connectivity index is 1.92. The van der Waals surface area contributed by atoms with Gasteiger partial charge in [-0.3, -0.25) is 19.3 Å². The summed E-state index contributed by atoms with van der Waals surface area (Å²) in [6.07, 6.45) is 0. The smallest absolute Gasteiger partial charge is 0.261 e. The molecular weight excluding hydrogens is 264 g/mol. The van der Waals surface area contributed by atoms with Gasteiger partial charge in [0, 0.05) is 19.3 Å². The molecular formula is C13H14N2O3S. The summed E-state index contributed by atoms with van der Waals surface area (Å²) in [5.74, 6) is 0.327. The highest BCUT2D eigenvalue weighted by atomic mass is 32.2. The van der Waals surface area contributed by atoms with E-state index in [9.17, 15) is 14.4 Å². The van der Waals surface area contributed by atoms with E-state index in [2.05, 4.69) is 5.32 Å². The molecule has 100 valence electrons. The highest BCUT2D eigenvalue weighted by Gasteiger charge is 2.34. The number of benzene rings is 1. The zero-order valence-corrected chi connectivity index (χ0v) is 11.3. The Morgan fingerprint density at radius 1 is 1.21 bits per heavy atom. The van der Waals surface area contributed by atoms with Crippen LogP contribution in [0.4, 0.5) is 0 Å². The Labute approximate surface area is 115 Å². The molecule has 0 fully saturated rings. The van der Waals surface area contributed by atoms with Crippen molar-refractivity contribution in [1.29, 1.82) is 0 Å². The van der Waals surface area contributed by atoms with Crippen LogP contribution >= 0.6 is 11.8 Å². The van der Waals surface area contributed by atoms with Crippen molar-refractivity contribution in [3.8, 4) is 0 Å². The van der Waals surface area contributed by atoms with E-state index in [0.29, 0.717) is 29.2 Å². The van der Waals surface area contributed by atoms with Crippen LogP contribution in [0, 0.1) is 0 Å². The van der Waals surface area contributed by atoms with Crippen molar-refractivity contribution in [1.82, 2.24) is 10.2 Å². The Morgan fingerprint density at radius 3 is 2.32 bits per heavy atom. The van der Waals surface area contributed by atoms with Gasteiger partial charge in [0.1, 0.15) is 0 Å². The number of imide groups is 1. The Kier molecular flexibility index (Phi) is 4.21. The van der Waals surface area contributed by atoms with E-state index in [-0.39, 0.29) is 17.7 Å². The molecule has 1 heterocycles. The lowest BCUT2D eigenvalue weighted by Gasteiger charge is -2.12. The third kappa shape index (κ3) is 2.78. The first-order chi connectivity index (χ1) is 9.15. The van der Waals surface area contributed by atoms with Gasteiger partial charge in [0.2, 0.25) is 5.91 Å². The minimum absolute atomic E-state index is 0.0626. The van der Waals surface area contributed by atoms with Crippen LogP contribution in [0.3, 0.4) is 0 Å². The van der Waals surface area contributed by atoms with Crippen molar-refractivity contribution >= 4 is 29.5 Å². The molecule has 0 atom stereocenters. The van der Waals surface area contributed by atoms with E-state index in [0.717, 1.165) is 0 Å². The van der Waals surface area contributed by atoms with Crippen LogP contribution in [0.5, 0.6) is 0 Å². The summed E-state index contributed by atoms with van der Waals surface area (Å²) >= 11 is 1.40. The second kappa shape index (κ2) is 5.88. The van der Waals surface area contributed by atoms with Gasteiger partial charge >= 0.3 is 0 Å². The van der Waals surface area contributed by atoms with E-state index in [1.807, 2.05) is 0 Å². The van der Waals surface area contributed by atoms with Gasteiger partial charge in [-0.05, 0) is 12.1 Å². The second-order valence-corrected chi connectivity index (χ2v) is 5.14. The molecule has 0 spiro atoms. The zero-order valence-electron chi connectivity index (χ0n) is 10.5. The molecule has 1 aromatic carbocycles. The van der Waals surface area contributed by atoms with Crippen molar-refractivity contribution in [2.45, 2.75) is 0 Å². The maximum Gasteiger partial charge on any atom is 0.261 e. The van der Waals surface area contributed by atoms with Crippen LogP contribution < -0.4 is 5.32 Å². The molecule has 0 saturated carbocycles. The Bertz CT molecular complexity index is 495. The molecule has 0 radical (unpaired) electrons. The van der Waals surface area contributed by atoms with Gasteiger partial charge in [0.25, 0.3) is 11.8 Å². The minimum atomic E-state index is -0.249. The van der Waals surface area contributed by atoms with Gasteiger partial charge in [-0.2, -0.15) is 11.8 Å². The number of thioether (sulfide) groups is 1. The fourth-order valence-electron chi connectivity index (χ4n) is 1.84. The van der Waals surface area contributed by atoms with Gasteiger partial charge in [0.05, 0.1) is 16.9 Å². The quantitative estimate of drug-likeness (QED) is 0.638. The van der Waals surface area contributed by atoms with E-state index < -0.39 is 0 Å². The van der Waals surface area contributed by atoms with Crippen molar-refractivity contribution in [2.75, 3.05) is 25.1 Å². The van der Waals surface area contributed by atoms with Crippen LogP contribution in [0.25, 0.3) is 0 Å². The highest BCUT2D eigenvalue weighted by molar-refractivity contribution is 7.99. The molecule has 6 heteroatoms. The number of amides is 3. The lowest BCUT2D eigenvalue weighted by atomic mass is 10.1. The van der Waals surface area contributed by atoms with E-state index in [1.165, 1.54) is 16.7 Å². The van der Waals surface area contributed by atoms with Gasteiger partial charge in [-0.15, -0.1) is 0 Å². The first kappa shape index (κ1) is 13.6. The molecule has 0 unspecified atom stereocenters. The molecule has 0 bridgehead atoms. The number of fused-ring (bicyclic) bond motifs is 1. The van der Waals surface area contributed by atoms with E-state index in [4.69, 9.17) is 0 Å². The average Bonchev–Trinajstić information content (AvgIpc) is 2.68. The first-order valence-corrected chi connectivity index (χ1v) is 7.04. The summed E-state index contributed by atoms with van der Waals surface area (Å²) in [7, 11) is 1.58. The maximum absolute atomic E-state index is 12.0. The normalized spacial score (nSPS) is 13.6. The number of hydrogen-bond donors (Lipinski definition) is 1. The molecule has 1 N–H and O–H groups in total. The molecule has 5 nitrogen and oxygen atoms in total. The third-order valence-electron chi connectivity index (χ3n) is 2.85. The first-order valence-electron chi connectivity index (χ1n) is 5.88. The molecule has 19 heavy (non-hydrogen) atoms. The van der Waals surface area contributed by atoms with Crippen molar-refractivity contribution < 1.29 is 14.4 Å². The summed E-state index contributed by atoms with van der Waals surface area (Å²) in [6, 6.07) is 6.81. The van der Waals surface area contributed by atoms with Gasteiger partial charge in [-0.1, -0.05) is 12.1 Å². The van der Waals surface area contributed by atoms with Crippen molar-refractivity contribution in [3.05, 3.63) is 35.4 Å². The monoisotopic (exact) mass is 278 g/mol. The van der Waals surface area contributed by atoms with Crippen LogP contribution in [0.15, 0.2) is 24.3 Å². The number of nitrogens with one attached hydrogen (secondary N) is 1.